The van der Waals surface area contributed by atoms with Crippen LogP contribution in [0, 0.1) is 11.3 Å². The van der Waals surface area contributed by atoms with E-state index in [9.17, 15) is 9.59 Å². The Morgan fingerprint density at radius 3 is 2.74 bits per heavy atom. The summed E-state index contributed by atoms with van der Waals surface area (Å²) in [6.45, 7) is 3.58. The van der Waals surface area contributed by atoms with Crippen molar-refractivity contribution in [3.63, 3.8) is 0 Å². The standard InChI is InChI=1S/C24H25N9O2/c1-15(16-3-4-17-18(11-16)28-7-6-27-17)33-10-9-31(13-21(33)24(26)35)19-12-22(34)30(2)20-14-32(8-5-25)29-23(19)20/h3-4,6-7,11-12,14-15,21H,8-10,13H2,1-2H3,(H2,26,35)/t15-,21?/m1/s1. The third-order valence-corrected chi connectivity index (χ3v) is 6.73. The fraction of sp³-hybridized carbons (Fsp3) is 0.333. The van der Waals surface area contributed by atoms with E-state index in [1.165, 1.54) is 15.3 Å². The topological polar surface area (TPSA) is 139 Å². The van der Waals surface area contributed by atoms with Gasteiger partial charge in [0, 0.05) is 51.2 Å². The number of benzene rings is 1. The molecule has 178 valence electrons. The van der Waals surface area contributed by atoms with Crippen LogP contribution in [0.2, 0.25) is 0 Å². The summed E-state index contributed by atoms with van der Waals surface area (Å²) in [5, 5.41) is 13.6. The first-order valence-electron chi connectivity index (χ1n) is 11.3. The van der Waals surface area contributed by atoms with Crippen molar-refractivity contribution in [1.82, 2.24) is 29.2 Å². The number of aryl methyl sites for hydroxylation is 1. The molecule has 1 unspecified atom stereocenters. The van der Waals surface area contributed by atoms with Crippen molar-refractivity contribution >= 4 is 33.7 Å². The average molecular weight is 472 g/mol. The summed E-state index contributed by atoms with van der Waals surface area (Å²) in [7, 11) is 1.67. The molecular weight excluding hydrogens is 446 g/mol. The molecule has 11 heteroatoms. The van der Waals surface area contributed by atoms with Crippen molar-refractivity contribution in [3.8, 4) is 6.07 Å². The molecule has 1 saturated heterocycles. The van der Waals surface area contributed by atoms with Gasteiger partial charge in [0.2, 0.25) is 5.91 Å². The summed E-state index contributed by atoms with van der Waals surface area (Å²) in [4.78, 5) is 38.0. The highest BCUT2D eigenvalue weighted by atomic mass is 16.1. The molecule has 1 aliphatic heterocycles. The zero-order chi connectivity index (χ0) is 24.7. The molecule has 2 N–H and O–H groups in total. The first-order valence-corrected chi connectivity index (χ1v) is 11.3. The number of piperazine rings is 1. The summed E-state index contributed by atoms with van der Waals surface area (Å²) in [5.74, 6) is -0.433. The van der Waals surface area contributed by atoms with Gasteiger partial charge in [-0.1, -0.05) is 6.07 Å². The number of hydrogen-bond acceptors (Lipinski definition) is 8. The summed E-state index contributed by atoms with van der Waals surface area (Å²) in [5.41, 5.74) is 10.2. The fourth-order valence-electron chi connectivity index (χ4n) is 4.80. The number of aromatic nitrogens is 5. The van der Waals surface area contributed by atoms with Crippen molar-refractivity contribution in [2.45, 2.75) is 25.6 Å². The van der Waals surface area contributed by atoms with Gasteiger partial charge in [-0.2, -0.15) is 10.4 Å². The van der Waals surface area contributed by atoms with Crippen LogP contribution in [0.25, 0.3) is 22.1 Å². The lowest BCUT2D eigenvalue weighted by molar-refractivity contribution is -0.124. The predicted octanol–water partition coefficient (Wildman–Crippen LogP) is 0.939. The van der Waals surface area contributed by atoms with Gasteiger partial charge in [0.25, 0.3) is 5.56 Å². The van der Waals surface area contributed by atoms with Gasteiger partial charge < -0.3 is 15.2 Å². The van der Waals surface area contributed by atoms with Crippen LogP contribution in [0.15, 0.2) is 47.7 Å². The fourth-order valence-corrected chi connectivity index (χ4v) is 4.80. The van der Waals surface area contributed by atoms with Crippen molar-refractivity contribution in [1.29, 1.82) is 5.26 Å². The van der Waals surface area contributed by atoms with Crippen molar-refractivity contribution in [2.75, 3.05) is 24.5 Å². The number of nitriles is 1. The molecule has 0 bridgehead atoms. The highest BCUT2D eigenvalue weighted by Gasteiger charge is 2.35. The van der Waals surface area contributed by atoms with Gasteiger partial charge in [-0.15, -0.1) is 0 Å². The zero-order valence-corrected chi connectivity index (χ0v) is 19.5. The Hall–Kier alpha value is -4.30. The number of rotatable bonds is 5. The second-order valence-corrected chi connectivity index (χ2v) is 8.73. The minimum atomic E-state index is -0.573. The van der Waals surface area contributed by atoms with Crippen LogP contribution in [0.4, 0.5) is 5.69 Å². The van der Waals surface area contributed by atoms with E-state index in [0.29, 0.717) is 36.4 Å². The van der Waals surface area contributed by atoms with E-state index < -0.39 is 11.9 Å². The summed E-state index contributed by atoms with van der Waals surface area (Å²) < 4.78 is 3.02. The van der Waals surface area contributed by atoms with E-state index in [-0.39, 0.29) is 18.1 Å². The third-order valence-electron chi connectivity index (χ3n) is 6.73. The van der Waals surface area contributed by atoms with Crippen LogP contribution in [0.1, 0.15) is 18.5 Å². The molecule has 4 aromatic rings. The number of primary amides is 1. The molecular formula is C24H25N9O2. The number of hydrogen-bond donors (Lipinski definition) is 1. The normalized spacial score (nSPS) is 17.5. The number of nitrogens with zero attached hydrogens (tertiary/aromatic N) is 8. The largest absolute Gasteiger partial charge is 0.368 e. The lowest BCUT2D eigenvalue weighted by Crippen LogP contribution is -2.59. The van der Waals surface area contributed by atoms with Crippen LogP contribution in [0.3, 0.4) is 0 Å². The van der Waals surface area contributed by atoms with Crippen LogP contribution in [-0.2, 0) is 18.4 Å². The van der Waals surface area contributed by atoms with E-state index in [0.717, 1.165) is 16.6 Å². The maximum absolute atomic E-state index is 12.7. The maximum Gasteiger partial charge on any atom is 0.252 e. The summed E-state index contributed by atoms with van der Waals surface area (Å²) in [6, 6.07) is 8.86. The molecule has 5 rings (SSSR count). The molecule has 0 saturated carbocycles. The van der Waals surface area contributed by atoms with Crippen LogP contribution in [0.5, 0.6) is 0 Å². The molecule has 0 spiro atoms. The van der Waals surface area contributed by atoms with Crippen LogP contribution >= 0.6 is 0 Å². The number of carbonyl (C=O) groups is 1. The number of nitrogens with two attached hydrogens (primary N) is 1. The van der Waals surface area contributed by atoms with Crippen molar-refractivity contribution in [3.05, 3.63) is 58.8 Å². The molecule has 11 nitrogen and oxygen atoms in total. The first kappa shape index (κ1) is 22.5. The van der Waals surface area contributed by atoms with Gasteiger partial charge in [-0.25, -0.2) is 0 Å². The molecule has 1 fully saturated rings. The Bertz CT molecular complexity index is 1530. The summed E-state index contributed by atoms with van der Waals surface area (Å²) in [6.07, 6.45) is 5.01. The molecule has 1 aromatic carbocycles. The molecule has 4 heterocycles. The first-order chi connectivity index (χ1) is 16.9. The lowest BCUT2D eigenvalue weighted by atomic mass is 10.0. The number of pyridine rings is 1. The maximum atomic E-state index is 12.7. The SMILES string of the molecule is C[C@H](c1ccc2nccnc2c1)N1CCN(c2cc(=O)n(C)c3cn(CC#N)nc23)CC1C(N)=O. The van der Waals surface area contributed by atoms with Gasteiger partial charge in [-0.3, -0.25) is 29.1 Å². The van der Waals surface area contributed by atoms with Gasteiger partial charge in [-0.05, 0) is 24.6 Å². The van der Waals surface area contributed by atoms with E-state index in [2.05, 4.69) is 26.0 Å². The number of amides is 1. The minimum Gasteiger partial charge on any atom is -0.368 e. The van der Waals surface area contributed by atoms with Crippen molar-refractivity contribution in [2.24, 2.45) is 12.8 Å². The molecule has 1 aliphatic rings. The third kappa shape index (κ3) is 3.98. The average Bonchev–Trinajstić information content (AvgIpc) is 3.29. The Kier molecular flexibility index (Phi) is 5.66. The summed E-state index contributed by atoms with van der Waals surface area (Å²) >= 11 is 0. The van der Waals surface area contributed by atoms with Gasteiger partial charge in [0.15, 0.2) is 0 Å². The zero-order valence-electron chi connectivity index (χ0n) is 19.5. The molecule has 0 aliphatic carbocycles. The van der Waals surface area contributed by atoms with Gasteiger partial charge >= 0.3 is 0 Å². The minimum absolute atomic E-state index is 0.0770. The smallest absolute Gasteiger partial charge is 0.252 e. The molecule has 3 aromatic heterocycles. The molecule has 2 atom stereocenters. The van der Waals surface area contributed by atoms with Gasteiger partial charge in [0.05, 0.1) is 34.5 Å². The van der Waals surface area contributed by atoms with Crippen LogP contribution in [-0.4, -0.2) is 60.8 Å². The highest BCUT2D eigenvalue weighted by molar-refractivity contribution is 5.89. The van der Waals surface area contributed by atoms with E-state index in [1.807, 2.05) is 30.0 Å². The predicted molar refractivity (Wildman–Crippen MR) is 130 cm³/mol. The monoisotopic (exact) mass is 471 g/mol. The van der Waals surface area contributed by atoms with Crippen LogP contribution < -0.4 is 16.2 Å². The molecule has 1 amide bonds. The van der Waals surface area contributed by atoms with E-state index in [1.54, 1.807) is 25.6 Å². The van der Waals surface area contributed by atoms with Gasteiger partial charge in [0.1, 0.15) is 18.1 Å². The second-order valence-electron chi connectivity index (χ2n) is 8.73. The molecule has 35 heavy (non-hydrogen) atoms. The van der Waals surface area contributed by atoms with E-state index in [4.69, 9.17) is 11.0 Å². The highest BCUT2D eigenvalue weighted by Crippen LogP contribution is 2.30. The Labute approximate surface area is 201 Å². The van der Waals surface area contributed by atoms with E-state index >= 15 is 0 Å². The van der Waals surface area contributed by atoms with Crippen molar-refractivity contribution < 1.29 is 4.79 Å². The number of anilines is 1. The lowest BCUT2D eigenvalue weighted by Gasteiger charge is -2.43. The Balaban J connectivity index is 1.47. The second kappa shape index (κ2) is 8.81. The quantitative estimate of drug-likeness (QED) is 0.454. The Morgan fingerprint density at radius 2 is 2.00 bits per heavy atom. The number of fused-ring (bicyclic) bond motifs is 2. The molecule has 0 radical (unpaired) electrons. The number of carbonyl (C=O) groups excluding carboxylic acids is 1. The Morgan fingerprint density at radius 1 is 1.23 bits per heavy atom.